The highest BCUT2D eigenvalue weighted by molar-refractivity contribution is 5.27. The van der Waals surface area contributed by atoms with E-state index in [1.807, 2.05) is 6.92 Å². The second-order valence-corrected chi connectivity index (χ2v) is 7.40. The fraction of sp³-hybridized carbons (Fsp3) is 0.684. The fourth-order valence-electron chi connectivity index (χ4n) is 2.78. The molecule has 1 aromatic carbocycles. The number of hydrogen-bond donors (Lipinski definition) is 0. The molecule has 14 heteroatoms. The van der Waals surface area contributed by atoms with Crippen molar-refractivity contribution < 1.29 is 61.8 Å². The summed E-state index contributed by atoms with van der Waals surface area (Å²) in [6.07, 6.45) is -11.3. The molecule has 0 aliphatic rings. The van der Waals surface area contributed by atoms with E-state index in [0.29, 0.717) is 19.1 Å². The number of ether oxygens (including phenoxy) is 1. The Morgan fingerprint density at radius 3 is 1.42 bits per heavy atom. The summed E-state index contributed by atoms with van der Waals surface area (Å²) in [5.41, 5.74) is 0.393. The predicted molar refractivity (Wildman–Crippen MR) is 90.3 cm³/mol. The molecule has 2 unspecified atom stereocenters. The second kappa shape index (κ2) is 9.14. The highest BCUT2D eigenvalue weighted by Gasteiger charge is 2.90. The summed E-state index contributed by atoms with van der Waals surface area (Å²) in [7, 11) is 0.687. The molecule has 0 aliphatic carbocycles. The van der Waals surface area contributed by atoms with Crippen molar-refractivity contribution in [1.82, 2.24) is 0 Å². The molecule has 0 saturated carbocycles. The van der Waals surface area contributed by atoms with Crippen LogP contribution in [0.2, 0.25) is 0 Å². The van der Waals surface area contributed by atoms with Crippen LogP contribution < -0.4 is 0 Å². The molecule has 1 rings (SSSR count). The maximum absolute atomic E-state index is 14.1. The van der Waals surface area contributed by atoms with E-state index >= 15 is 0 Å². The van der Waals surface area contributed by atoms with Crippen molar-refractivity contribution in [3.05, 3.63) is 35.4 Å². The van der Waals surface area contributed by atoms with Crippen LogP contribution in [-0.2, 0) is 4.74 Å². The van der Waals surface area contributed by atoms with Crippen molar-refractivity contribution >= 4 is 0 Å². The number of hydrogen-bond acceptors (Lipinski definition) is 1. The molecule has 0 spiro atoms. The molecule has 0 N–H and O–H groups in total. The van der Waals surface area contributed by atoms with Gasteiger partial charge in [-0.3, -0.25) is 0 Å². The molecule has 1 aromatic rings. The van der Waals surface area contributed by atoms with Gasteiger partial charge in [-0.05, 0) is 23.5 Å². The molecule has 0 saturated heterocycles. The van der Waals surface area contributed by atoms with Gasteiger partial charge >= 0.3 is 35.8 Å². The normalized spacial score (nSPS) is 16.6. The van der Waals surface area contributed by atoms with E-state index in [9.17, 15) is 57.1 Å². The molecule has 192 valence electrons. The average Bonchev–Trinajstić information content (AvgIpc) is 2.70. The molecule has 2 atom stereocenters. The van der Waals surface area contributed by atoms with Crippen molar-refractivity contribution in [3.8, 4) is 0 Å². The third kappa shape index (κ3) is 4.90. The lowest BCUT2D eigenvalue weighted by molar-refractivity contribution is -0.440. The van der Waals surface area contributed by atoms with Crippen LogP contribution in [0.15, 0.2) is 24.3 Å². The van der Waals surface area contributed by atoms with Gasteiger partial charge in [-0.1, -0.05) is 38.1 Å². The van der Waals surface area contributed by atoms with Crippen LogP contribution >= 0.6 is 0 Å². The largest absolute Gasteiger partial charge is 0.460 e. The van der Waals surface area contributed by atoms with E-state index in [0.717, 1.165) is 12.1 Å². The lowest BCUT2D eigenvalue weighted by Crippen LogP contribution is -2.70. The number of rotatable bonds is 10. The number of methoxy groups -OCH3 is 1. The number of halogens is 13. The van der Waals surface area contributed by atoms with Gasteiger partial charge < -0.3 is 4.74 Å². The zero-order valence-corrected chi connectivity index (χ0v) is 17.2. The Bertz CT molecular complexity index is 784. The van der Waals surface area contributed by atoms with Crippen LogP contribution in [0.25, 0.3) is 0 Å². The molecule has 33 heavy (non-hydrogen) atoms. The van der Waals surface area contributed by atoms with E-state index < -0.39 is 48.3 Å². The molecular formula is C19H19F13O. The SMILES string of the molecule is CCC(C)c1ccc(C(CC(F)(F)C(F)(F)C(F)(F)C(F)(F)C(F)(F)C(F)(F)F)OC)cc1. The van der Waals surface area contributed by atoms with Crippen LogP contribution in [0, 0.1) is 0 Å². The monoisotopic (exact) mass is 510 g/mol. The minimum atomic E-state index is -7.91. The summed E-state index contributed by atoms with van der Waals surface area (Å²) in [6.45, 7) is 3.61. The Labute approximate surface area is 179 Å². The average molecular weight is 510 g/mol. The minimum absolute atomic E-state index is 0.0120. The first-order valence-corrected chi connectivity index (χ1v) is 9.20. The zero-order chi connectivity index (χ0) is 26.3. The first-order valence-electron chi connectivity index (χ1n) is 9.20. The quantitative estimate of drug-likeness (QED) is 0.290. The number of alkyl halides is 13. The van der Waals surface area contributed by atoms with Gasteiger partial charge in [0.15, 0.2) is 0 Å². The van der Waals surface area contributed by atoms with E-state index in [1.165, 1.54) is 12.1 Å². The Morgan fingerprint density at radius 2 is 1.06 bits per heavy atom. The highest BCUT2D eigenvalue weighted by atomic mass is 19.4. The fourth-order valence-corrected chi connectivity index (χ4v) is 2.78. The summed E-state index contributed by atoms with van der Waals surface area (Å²) in [6, 6.07) is 4.96. The van der Waals surface area contributed by atoms with Crippen LogP contribution in [-0.4, -0.2) is 42.9 Å². The van der Waals surface area contributed by atoms with Crippen molar-refractivity contribution in [1.29, 1.82) is 0 Å². The first-order chi connectivity index (χ1) is 14.6. The Balaban J connectivity index is 3.35. The predicted octanol–water partition coefficient (Wildman–Crippen LogP) is 8.02. The standard InChI is InChI=1S/C19H19F13O/c1-4-10(2)11-5-7-12(8-6-11)13(33-3)9-14(20,21)15(22,23)16(24,25)17(26,27)18(28,29)19(30,31)32/h5-8,10,13H,4,9H2,1-3H3. The van der Waals surface area contributed by atoms with E-state index in [4.69, 9.17) is 0 Å². The molecule has 0 radical (unpaired) electrons. The van der Waals surface area contributed by atoms with Crippen LogP contribution in [0.1, 0.15) is 49.8 Å². The van der Waals surface area contributed by atoms with Crippen LogP contribution in [0.4, 0.5) is 57.1 Å². The molecule has 0 aliphatic heterocycles. The van der Waals surface area contributed by atoms with Gasteiger partial charge in [-0.15, -0.1) is 0 Å². The van der Waals surface area contributed by atoms with Gasteiger partial charge in [0, 0.05) is 13.5 Å². The maximum atomic E-state index is 14.1. The lowest BCUT2D eigenvalue weighted by Gasteiger charge is -2.40. The Kier molecular flexibility index (Phi) is 8.11. The van der Waals surface area contributed by atoms with Gasteiger partial charge in [-0.25, -0.2) is 0 Å². The highest BCUT2D eigenvalue weighted by Crippen LogP contribution is 2.61. The van der Waals surface area contributed by atoms with Crippen LogP contribution in [0.5, 0.6) is 0 Å². The third-order valence-corrected chi connectivity index (χ3v) is 5.21. The van der Waals surface area contributed by atoms with E-state index in [1.54, 1.807) is 6.92 Å². The lowest BCUT2D eigenvalue weighted by atomic mass is 9.89. The Hall–Kier alpha value is -1.73. The second-order valence-electron chi connectivity index (χ2n) is 7.40. The van der Waals surface area contributed by atoms with Crippen molar-refractivity contribution in [2.75, 3.05) is 7.11 Å². The first kappa shape index (κ1) is 29.3. The molecule has 0 amide bonds. The van der Waals surface area contributed by atoms with Gasteiger partial charge in [-0.2, -0.15) is 57.1 Å². The topological polar surface area (TPSA) is 9.23 Å². The van der Waals surface area contributed by atoms with Gasteiger partial charge in [0.25, 0.3) is 0 Å². The molecule has 0 heterocycles. The molecule has 1 nitrogen and oxygen atoms in total. The molecular weight excluding hydrogens is 491 g/mol. The summed E-state index contributed by atoms with van der Waals surface area (Å²) >= 11 is 0. The van der Waals surface area contributed by atoms with Crippen molar-refractivity contribution in [2.24, 2.45) is 0 Å². The molecule has 0 aromatic heterocycles. The van der Waals surface area contributed by atoms with Crippen molar-refractivity contribution in [3.63, 3.8) is 0 Å². The third-order valence-electron chi connectivity index (χ3n) is 5.21. The van der Waals surface area contributed by atoms with E-state index in [2.05, 4.69) is 4.74 Å². The van der Waals surface area contributed by atoms with Gasteiger partial charge in [0.1, 0.15) is 0 Å². The smallest absolute Gasteiger partial charge is 0.377 e. The number of benzene rings is 1. The van der Waals surface area contributed by atoms with Crippen molar-refractivity contribution in [2.45, 2.75) is 74.5 Å². The van der Waals surface area contributed by atoms with Crippen LogP contribution in [0.3, 0.4) is 0 Å². The molecule has 0 fully saturated rings. The van der Waals surface area contributed by atoms with Gasteiger partial charge in [0.2, 0.25) is 0 Å². The summed E-state index contributed by atoms with van der Waals surface area (Å²) in [4.78, 5) is 0. The summed E-state index contributed by atoms with van der Waals surface area (Å²) < 4.78 is 177. The maximum Gasteiger partial charge on any atom is 0.460 e. The zero-order valence-electron chi connectivity index (χ0n) is 17.2. The Morgan fingerprint density at radius 1 is 0.667 bits per heavy atom. The summed E-state index contributed by atoms with van der Waals surface area (Å²) in [5.74, 6) is -37.0. The molecule has 0 bridgehead atoms. The van der Waals surface area contributed by atoms with Gasteiger partial charge in [0.05, 0.1) is 6.10 Å². The summed E-state index contributed by atoms with van der Waals surface area (Å²) in [5, 5.41) is 0. The van der Waals surface area contributed by atoms with E-state index in [-0.39, 0.29) is 11.5 Å². The minimum Gasteiger partial charge on any atom is -0.377 e.